The molecule has 1 amide bonds. The maximum atomic E-state index is 14.0. The zero-order valence-electron chi connectivity index (χ0n) is 14.8. The average Bonchev–Trinajstić information content (AvgIpc) is 2.87. The molecule has 4 nitrogen and oxygen atoms in total. The van der Waals surface area contributed by atoms with Crippen LogP contribution in [0.1, 0.15) is 22.4 Å². The smallest absolute Gasteiger partial charge is 0.224 e. The molecule has 26 heavy (non-hydrogen) atoms. The van der Waals surface area contributed by atoms with E-state index in [1.165, 1.54) is 12.1 Å². The van der Waals surface area contributed by atoms with Gasteiger partial charge in [0.2, 0.25) is 5.91 Å². The number of aryl methyl sites for hydroxylation is 1. The van der Waals surface area contributed by atoms with Crippen LogP contribution in [0.5, 0.6) is 5.75 Å². The number of fused-ring (bicyclic) bond motifs is 1. The second-order valence-electron chi connectivity index (χ2n) is 6.24. The number of amides is 1. The Kier molecular flexibility index (Phi) is 4.78. The maximum Gasteiger partial charge on any atom is 0.224 e. The van der Waals surface area contributed by atoms with Gasteiger partial charge in [-0.15, -0.1) is 0 Å². The van der Waals surface area contributed by atoms with E-state index in [1.54, 1.807) is 11.6 Å². The zero-order chi connectivity index (χ0) is 19.0. The topological polar surface area (TPSA) is 54.3 Å². The van der Waals surface area contributed by atoms with Gasteiger partial charge in [-0.2, -0.15) is 0 Å². The minimum atomic E-state index is -0.727. The maximum absolute atomic E-state index is 14.0. The highest BCUT2D eigenvalue weighted by atomic mass is 32.1. The highest BCUT2D eigenvalue weighted by Crippen LogP contribution is 2.32. The second-order valence-corrected chi connectivity index (χ2v) is 6.63. The lowest BCUT2D eigenvalue weighted by Gasteiger charge is -2.11. The Bertz CT molecular complexity index is 1020. The lowest BCUT2D eigenvalue weighted by atomic mass is 10.1. The molecule has 1 heterocycles. The van der Waals surface area contributed by atoms with Crippen molar-refractivity contribution in [1.82, 2.24) is 9.88 Å². The zero-order valence-corrected chi connectivity index (χ0v) is 15.6. The van der Waals surface area contributed by atoms with Crippen molar-refractivity contribution >= 4 is 34.0 Å². The van der Waals surface area contributed by atoms with Crippen molar-refractivity contribution in [1.29, 1.82) is 0 Å². The van der Waals surface area contributed by atoms with Crippen molar-refractivity contribution in [3.05, 3.63) is 64.6 Å². The first-order valence-electron chi connectivity index (χ1n) is 8.17. The minimum absolute atomic E-state index is 0.118. The minimum Gasteiger partial charge on any atom is -0.505 e. The van der Waals surface area contributed by atoms with Crippen LogP contribution in [-0.4, -0.2) is 27.6 Å². The number of nitrogens with zero attached hydrogens (tertiary/aromatic N) is 1. The third-order valence-corrected chi connectivity index (χ3v) is 4.94. The van der Waals surface area contributed by atoms with Gasteiger partial charge in [-0.1, -0.05) is 42.0 Å². The fourth-order valence-electron chi connectivity index (χ4n) is 3.05. The van der Waals surface area contributed by atoms with E-state index in [4.69, 9.17) is 12.2 Å². The molecule has 0 fully saturated rings. The van der Waals surface area contributed by atoms with Gasteiger partial charge >= 0.3 is 0 Å². The van der Waals surface area contributed by atoms with Crippen molar-refractivity contribution < 1.29 is 14.3 Å². The van der Waals surface area contributed by atoms with E-state index in [-0.39, 0.29) is 12.3 Å². The summed E-state index contributed by atoms with van der Waals surface area (Å²) in [4.78, 5) is 12.4. The molecule has 0 saturated carbocycles. The van der Waals surface area contributed by atoms with E-state index in [2.05, 4.69) is 5.32 Å². The number of benzene rings is 2. The summed E-state index contributed by atoms with van der Waals surface area (Å²) >= 11 is 5.65. The number of aromatic hydroxyl groups is 1. The summed E-state index contributed by atoms with van der Waals surface area (Å²) in [5.74, 6) is -1.35. The number of carbonyl (C=O) groups excluding carboxylic acids is 1. The lowest BCUT2D eigenvalue weighted by Crippen LogP contribution is -2.20. The van der Waals surface area contributed by atoms with Crippen LogP contribution in [0.15, 0.2) is 36.4 Å². The Balaban J connectivity index is 2.25. The fraction of sp³-hybridized carbons (Fsp3) is 0.200. The van der Waals surface area contributed by atoms with Crippen LogP contribution in [0.3, 0.4) is 0 Å². The summed E-state index contributed by atoms with van der Waals surface area (Å²) in [7, 11) is 1.56. The SMILES string of the molecule is CNC(=O)Cc1c(C)n(C(=S)c2ccc(C)cc2)c2cc(F)c(O)cc12. The fourth-order valence-corrected chi connectivity index (χ4v) is 3.42. The van der Waals surface area contributed by atoms with Crippen molar-refractivity contribution in [3.8, 4) is 5.75 Å². The van der Waals surface area contributed by atoms with Crippen LogP contribution in [0.2, 0.25) is 0 Å². The summed E-state index contributed by atoms with van der Waals surface area (Å²) in [6, 6.07) is 10.4. The Morgan fingerprint density at radius 3 is 2.50 bits per heavy atom. The molecule has 1 aromatic heterocycles. The third kappa shape index (κ3) is 3.08. The number of rotatable bonds is 3. The average molecular weight is 370 g/mol. The predicted octanol–water partition coefficient (Wildman–Crippen LogP) is 3.62. The number of phenolic OH excluding ortho intramolecular Hbond substituents is 1. The third-order valence-electron chi connectivity index (χ3n) is 4.52. The second kappa shape index (κ2) is 6.88. The van der Waals surface area contributed by atoms with Gasteiger partial charge in [0.05, 0.1) is 11.9 Å². The number of nitrogens with one attached hydrogen (secondary N) is 1. The van der Waals surface area contributed by atoms with Crippen LogP contribution in [0.4, 0.5) is 4.39 Å². The van der Waals surface area contributed by atoms with Crippen LogP contribution in [-0.2, 0) is 11.2 Å². The molecule has 2 aromatic carbocycles. The number of phenols is 1. The van der Waals surface area contributed by atoms with Gasteiger partial charge in [0, 0.05) is 29.8 Å². The van der Waals surface area contributed by atoms with Gasteiger partial charge in [0.15, 0.2) is 11.6 Å². The molecule has 0 radical (unpaired) electrons. The highest BCUT2D eigenvalue weighted by molar-refractivity contribution is 7.80. The number of aromatic nitrogens is 1. The Morgan fingerprint density at radius 2 is 1.88 bits per heavy atom. The van der Waals surface area contributed by atoms with Gasteiger partial charge in [-0.3, -0.25) is 4.79 Å². The van der Waals surface area contributed by atoms with E-state index in [1.807, 2.05) is 38.1 Å². The normalized spacial score (nSPS) is 10.9. The Labute approximate surface area is 156 Å². The van der Waals surface area contributed by atoms with E-state index in [9.17, 15) is 14.3 Å². The summed E-state index contributed by atoms with van der Waals surface area (Å²) in [6.07, 6.45) is 0.118. The number of likely N-dealkylation sites (N-methyl/N-ethyl adjacent to an activating group) is 1. The summed E-state index contributed by atoms with van der Waals surface area (Å²) in [5, 5.41) is 13.0. The first-order valence-corrected chi connectivity index (χ1v) is 8.58. The van der Waals surface area contributed by atoms with Gasteiger partial charge in [-0.25, -0.2) is 4.39 Å². The summed E-state index contributed by atoms with van der Waals surface area (Å²) in [6.45, 7) is 3.83. The van der Waals surface area contributed by atoms with Gasteiger partial charge in [-0.05, 0) is 25.5 Å². The van der Waals surface area contributed by atoms with Crippen molar-refractivity contribution in [3.63, 3.8) is 0 Å². The molecule has 6 heteroatoms. The molecular formula is C20H19FN2O2S. The number of carbonyl (C=O) groups is 1. The van der Waals surface area contributed by atoms with Crippen molar-refractivity contribution in [2.24, 2.45) is 0 Å². The predicted molar refractivity (Wildman–Crippen MR) is 104 cm³/mol. The van der Waals surface area contributed by atoms with Gasteiger partial charge in [0.25, 0.3) is 0 Å². The number of hydrogen-bond acceptors (Lipinski definition) is 3. The monoisotopic (exact) mass is 370 g/mol. The molecule has 3 rings (SSSR count). The molecule has 0 bridgehead atoms. The van der Waals surface area contributed by atoms with Crippen molar-refractivity contribution in [2.45, 2.75) is 20.3 Å². The van der Waals surface area contributed by atoms with Crippen molar-refractivity contribution in [2.75, 3.05) is 7.05 Å². The quantitative estimate of drug-likeness (QED) is 0.693. The van der Waals surface area contributed by atoms with E-state index in [0.717, 1.165) is 16.8 Å². The molecular weight excluding hydrogens is 351 g/mol. The number of thiocarbonyl (C=S) groups is 1. The lowest BCUT2D eigenvalue weighted by molar-refractivity contribution is -0.119. The molecule has 3 aromatic rings. The molecule has 0 spiro atoms. The molecule has 0 saturated heterocycles. The van der Waals surface area contributed by atoms with Gasteiger partial charge in [0.1, 0.15) is 4.99 Å². The van der Waals surface area contributed by atoms with Crippen LogP contribution < -0.4 is 5.32 Å². The molecule has 0 aliphatic heterocycles. The Morgan fingerprint density at radius 1 is 1.23 bits per heavy atom. The molecule has 134 valence electrons. The van der Waals surface area contributed by atoms with Crippen LogP contribution in [0.25, 0.3) is 10.9 Å². The van der Waals surface area contributed by atoms with Crippen LogP contribution >= 0.6 is 12.2 Å². The van der Waals surface area contributed by atoms with Gasteiger partial charge < -0.3 is 15.0 Å². The summed E-state index contributed by atoms with van der Waals surface area (Å²) in [5.41, 5.74) is 3.93. The molecule has 0 atom stereocenters. The molecule has 0 aliphatic carbocycles. The number of hydrogen-bond donors (Lipinski definition) is 2. The highest BCUT2D eigenvalue weighted by Gasteiger charge is 2.21. The van der Waals surface area contributed by atoms with Crippen LogP contribution in [0, 0.1) is 19.7 Å². The van der Waals surface area contributed by atoms with E-state index in [0.29, 0.717) is 21.5 Å². The molecule has 2 N–H and O–H groups in total. The first-order chi connectivity index (χ1) is 12.3. The Hall–Kier alpha value is -2.73. The van der Waals surface area contributed by atoms with E-state index < -0.39 is 11.6 Å². The molecule has 0 unspecified atom stereocenters. The van der Waals surface area contributed by atoms with E-state index >= 15 is 0 Å². The largest absolute Gasteiger partial charge is 0.505 e. The standard InChI is InChI=1S/C20H19FN2O2S/c1-11-4-6-13(7-5-11)20(26)23-12(2)14(9-19(25)22-3)15-8-18(24)16(21)10-17(15)23/h4-8,10,24H,9H2,1-3H3,(H,22,25). The first kappa shape index (κ1) is 18.1. The molecule has 0 aliphatic rings. The number of halogens is 1. The summed E-state index contributed by atoms with van der Waals surface area (Å²) < 4.78 is 15.8.